The Morgan fingerprint density at radius 3 is 2.76 bits per heavy atom. The number of rotatable bonds is 3. The van der Waals surface area contributed by atoms with Crippen LogP contribution in [0.2, 0.25) is 0 Å². The molecule has 0 saturated heterocycles. The van der Waals surface area contributed by atoms with Gasteiger partial charge in [-0.2, -0.15) is 5.10 Å². The molecular formula is C9H10FN3O2S2. The van der Waals surface area contributed by atoms with Gasteiger partial charge >= 0.3 is 0 Å². The molecule has 3 N–H and O–H groups in total. The third kappa shape index (κ3) is 4.08. The summed E-state index contributed by atoms with van der Waals surface area (Å²) in [6.45, 7) is 0. The largest absolute Gasteiger partial charge is 0.375 e. The molecule has 0 aliphatic rings. The molecule has 0 heterocycles. The van der Waals surface area contributed by atoms with Crippen molar-refractivity contribution >= 4 is 33.4 Å². The first-order chi connectivity index (χ1) is 7.80. The molecular weight excluding hydrogens is 265 g/mol. The van der Waals surface area contributed by atoms with Crippen LogP contribution in [-0.4, -0.2) is 26.0 Å². The number of nitrogens with two attached hydrogens (primary N) is 1. The molecule has 1 rings (SSSR count). The van der Waals surface area contributed by atoms with Gasteiger partial charge in [-0.1, -0.05) is 0 Å². The number of nitrogens with one attached hydrogen (secondary N) is 1. The molecule has 1 aromatic rings. The first-order valence-corrected chi connectivity index (χ1v) is 6.69. The standard InChI is InChI=1S/C9H10FN3O2S2/c1-17(14,15)7-2-3-8(10)6(4-7)5-12-13-9(11)16/h2-5H,1H3,(H3,11,13,16). The number of sulfone groups is 1. The summed E-state index contributed by atoms with van der Waals surface area (Å²) in [5.74, 6) is -0.592. The van der Waals surface area contributed by atoms with Crippen molar-refractivity contribution in [2.45, 2.75) is 4.90 Å². The van der Waals surface area contributed by atoms with Crippen molar-refractivity contribution < 1.29 is 12.8 Å². The number of benzene rings is 1. The third-order valence-corrected chi connectivity index (χ3v) is 2.98. The molecule has 0 aliphatic heterocycles. The Hall–Kier alpha value is -1.54. The number of thiocarbonyl (C=S) groups is 1. The van der Waals surface area contributed by atoms with Crippen LogP contribution in [0, 0.1) is 5.82 Å². The minimum Gasteiger partial charge on any atom is -0.375 e. The van der Waals surface area contributed by atoms with Gasteiger partial charge in [-0.05, 0) is 30.4 Å². The summed E-state index contributed by atoms with van der Waals surface area (Å²) >= 11 is 4.49. The summed E-state index contributed by atoms with van der Waals surface area (Å²) < 4.78 is 35.8. The van der Waals surface area contributed by atoms with E-state index in [0.29, 0.717) is 0 Å². The second-order valence-electron chi connectivity index (χ2n) is 3.19. The van der Waals surface area contributed by atoms with Gasteiger partial charge in [-0.15, -0.1) is 0 Å². The van der Waals surface area contributed by atoms with Gasteiger partial charge in [-0.25, -0.2) is 12.8 Å². The zero-order valence-electron chi connectivity index (χ0n) is 8.84. The Morgan fingerprint density at radius 2 is 2.24 bits per heavy atom. The van der Waals surface area contributed by atoms with E-state index in [-0.39, 0.29) is 15.6 Å². The zero-order chi connectivity index (χ0) is 13.1. The van der Waals surface area contributed by atoms with Crippen LogP contribution in [0.25, 0.3) is 0 Å². The van der Waals surface area contributed by atoms with E-state index in [0.717, 1.165) is 18.5 Å². The second kappa shape index (κ2) is 5.19. The van der Waals surface area contributed by atoms with Gasteiger partial charge in [0.1, 0.15) is 5.82 Å². The molecule has 5 nitrogen and oxygen atoms in total. The number of nitrogens with zero attached hydrogens (tertiary/aromatic N) is 1. The topological polar surface area (TPSA) is 84.5 Å². The molecule has 0 aromatic heterocycles. The predicted octanol–water partition coefficient (Wildman–Crippen LogP) is 0.396. The Bertz CT molecular complexity index is 570. The molecule has 0 aliphatic carbocycles. The Labute approximate surface area is 103 Å². The monoisotopic (exact) mass is 275 g/mol. The first kappa shape index (κ1) is 13.5. The van der Waals surface area contributed by atoms with Crippen LogP contribution >= 0.6 is 12.2 Å². The van der Waals surface area contributed by atoms with Gasteiger partial charge in [0.2, 0.25) is 0 Å². The molecule has 17 heavy (non-hydrogen) atoms. The van der Waals surface area contributed by atoms with E-state index >= 15 is 0 Å². The van der Waals surface area contributed by atoms with E-state index in [9.17, 15) is 12.8 Å². The molecule has 0 amide bonds. The van der Waals surface area contributed by atoms with E-state index in [1.165, 1.54) is 12.1 Å². The molecule has 0 bridgehead atoms. The summed E-state index contributed by atoms with van der Waals surface area (Å²) in [6, 6.07) is 3.41. The highest BCUT2D eigenvalue weighted by molar-refractivity contribution is 7.90. The van der Waals surface area contributed by atoms with Gasteiger partial charge in [-0.3, -0.25) is 5.43 Å². The fourth-order valence-electron chi connectivity index (χ4n) is 1.02. The maximum atomic E-state index is 13.3. The van der Waals surface area contributed by atoms with Crippen molar-refractivity contribution in [1.82, 2.24) is 5.43 Å². The van der Waals surface area contributed by atoms with Gasteiger partial charge in [0.15, 0.2) is 14.9 Å². The number of hydrazone groups is 1. The summed E-state index contributed by atoms with van der Waals surface area (Å²) in [5.41, 5.74) is 7.38. The van der Waals surface area contributed by atoms with E-state index in [1.54, 1.807) is 0 Å². The molecule has 0 radical (unpaired) electrons. The van der Waals surface area contributed by atoms with E-state index in [4.69, 9.17) is 5.73 Å². The summed E-state index contributed by atoms with van der Waals surface area (Å²) in [7, 11) is -3.38. The van der Waals surface area contributed by atoms with Crippen molar-refractivity contribution in [3.8, 4) is 0 Å². The van der Waals surface area contributed by atoms with Crippen molar-refractivity contribution in [2.75, 3.05) is 6.26 Å². The molecule has 0 atom stereocenters. The summed E-state index contributed by atoms with van der Waals surface area (Å²) in [4.78, 5) is 0.00988. The first-order valence-electron chi connectivity index (χ1n) is 4.39. The Kier molecular flexibility index (Phi) is 4.13. The average molecular weight is 275 g/mol. The highest BCUT2D eigenvalue weighted by Crippen LogP contribution is 2.13. The summed E-state index contributed by atoms with van der Waals surface area (Å²) in [6.07, 6.45) is 2.14. The van der Waals surface area contributed by atoms with Crippen LogP contribution < -0.4 is 11.2 Å². The maximum Gasteiger partial charge on any atom is 0.184 e. The van der Waals surface area contributed by atoms with Crippen LogP contribution in [0.4, 0.5) is 4.39 Å². The SMILES string of the molecule is CS(=O)(=O)c1ccc(F)c(C=NNC(N)=S)c1. The molecule has 0 fully saturated rings. The van der Waals surface area contributed by atoms with Crippen LogP contribution in [0.5, 0.6) is 0 Å². The van der Waals surface area contributed by atoms with E-state index < -0.39 is 15.7 Å². The minimum absolute atomic E-state index is 0.00988. The van der Waals surface area contributed by atoms with Gasteiger partial charge < -0.3 is 5.73 Å². The van der Waals surface area contributed by atoms with Crippen LogP contribution in [0.1, 0.15) is 5.56 Å². The molecule has 0 unspecified atom stereocenters. The second-order valence-corrected chi connectivity index (χ2v) is 5.65. The lowest BCUT2D eigenvalue weighted by Gasteiger charge is -2.01. The van der Waals surface area contributed by atoms with Crippen LogP contribution in [0.15, 0.2) is 28.2 Å². The van der Waals surface area contributed by atoms with Crippen molar-refractivity contribution in [2.24, 2.45) is 10.8 Å². The van der Waals surface area contributed by atoms with Gasteiger partial charge in [0, 0.05) is 11.8 Å². The van der Waals surface area contributed by atoms with Crippen molar-refractivity contribution in [1.29, 1.82) is 0 Å². The lowest BCUT2D eigenvalue weighted by Crippen LogP contribution is -2.24. The zero-order valence-corrected chi connectivity index (χ0v) is 10.5. The smallest absolute Gasteiger partial charge is 0.184 e. The van der Waals surface area contributed by atoms with E-state index in [2.05, 4.69) is 22.7 Å². The van der Waals surface area contributed by atoms with Crippen LogP contribution in [-0.2, 0) is 9.84 Å². The van der Waals surface area contributed by atoms with Crippen LogP contribution in [0.3, 0.4) is 0 Å². The molecule has 1 aromatic carbocycles. The average Bonchev–Trinajstić information content (AvgIpc) is 2.18. The quantitative estimate of drug-likeness (QED) is 0.361. The third-order valence-electron chi connectivity index (χ3n) is 1.77. The maximum absolute atomic E-state index is 13.3. The molecule has 0 saturated carbocycles. The fourth-order valence-corrected chi connectivity index (χ4v) is 1.73. The normalized spacial score (nSPS) is 11.6. The van der Waals surface area contributed by atoms with Crippen molar-refractivity contribution in [3.05, 3.63) is 29.6 Å². The highest BCUT2D eigenvalue weighted by Gasteiger charge is 2.09. The number of hydrogen-bond donors (Lipinski definition) is 2. The van der Waals surface area contributed by atoms with Gasteiger partial charge in [0.25, 0.3) is 0 Å². The number of hydrogen-bond acceptors (Lipinski definition) is 4. The summed E-state index contributed by atoms with van der Waals surface area (Å²) in [5, 5.41) is 3.48. The lowest BCUT2D eigenvalue weighted by atomic mass is 10.2. The molecule has 8 heteroatoms. The van der Waals surface area contributed by atoms with Crippen molar-refractivity contribution in [3.63, 3.8) is 0 Å². The molecule has 0 spiro atoms. The van der Waals surface area contributed by atoms with E-state index in [1.807, 2.05) is 0 Å². The Morgan fingerprint density at radius 1 is 1.59 bits per heavy atom. The van der Waals surface area contributed by atoms with Gasteiger partial charge in [0.05, 0.1) is 11.1 Å². The Balaban J connectivity index is 3.07. The number of halogens is 1. The fraction of sp³-hybridized carbons (Fsp3) is 0.111. The minimum atomic E-state index is -3.38. The molecule has 92 valence electrons. The highest BCUT2D eigenvalue weighted by atomic mass is 32.2. The lowest BCUT2D eigenvalue weighted by molar-refractivity contribution is 0.600. The predicted molar refractivity (Wildman–Crippen MR) is 67.0 cm³/mol.